The number of fused-ring (bicyclic) bond motifs is 4. The summed E-state index contributed by atoms with van der Waals surface area (Å²) in [5.41, 5.74) is 2.48. The molecule has 2 aromatic rings. The topological polar surface area (TPSA) is 118 Å². The predicted octanol–water partition coefficient (Wildman–Crippen LogP) is 6.25. The molecule has 0 aromatic heterocycles. The second-order valence-electron chi connectivity index (χ2n) is 15.5. The Morgan fingerprint density at radius 1 is 1.20 bits per heavy atom. The Morgan fingerprint density at radius 2 is 2.02 bits per heavy atom. The highest BCUT2D eigenvalue weighted by Gasteiger charge is 2.45. The molecule has 2 saturated carbocycles. The van der Waals surface area contributed by atoms with Gasteiger partial charge >= 0.3 is 0 Å². The molecule has 2 N–H and O–H groups in total. The second kappa shape index (κ2) is 13.3. The van der Waals surface area contributed by atoms with E-state index < -0.39 is 33.2 Å². The van der Waals surface area contributed by atoms with Crippen LogP contribution >= 0.6 is 11.6 Å². The number of anilines is 1. The van der Waals surface area contributed by atoms with Crippen LogP contribution in [0.2, 0.25) is 5.02 Å². The first kappa shape index (κ1) is 34.5. The SMILES string of the molecule is CO[C@H]1/C=C/C[C@H](C)CS(=O)(NC(=O)C2CC(C)(O)C2)=NC(=O)c2ccc3c(c2)N(C[C@@H]2CC[C@H]21)C[C@@]1(CCCc2cc(Cl)ccc21)CO3. The molecule has 2 amide bonds. The summed E-state index contributed by atoms with van der Waals surface area (Å²) in [5.74, 6) is -0.230. The summed E-state index contributed by atoms with van der Waals surface area (Å²) < 4.78 is 34.0. The van der Waals surface area contributed by atoms with E-state index in [-0.39, 0.29) is 36.0 Å². The van der Waals surface area contributed by atoms with Crippen molar-refractivity contribution in [2.24, 2.45) is 28.0 Å². The van der Waals surface area contributed by atoms with E-state index in [1.165, 1.54) is 11.1 Å². The van der Waals surface area contributed by atoms with Gasteiger partial charge in [-0.3, -0.25) is 14.3 Å². The number of nitrogens with zero attached hydrogens (tertiary/aromatic N) is 2. The number of hydrogen-bond acceptors (Lipinski definition) is 7. The molecule has 11 heteroatoms. The van der Waals surface area contributed by atoms with Gasteiger partial charge in [-0.05, 0) is 118 Å². The van der Waals surface area contributed by atoms with Crippen LogP contribution in [0.25, 0.3) is 0 Å². The number of carbonyl (C=O) groups is 2. The average Bonchev–Trinajstić information content (AvgIpc) is 3.17. The van der Waals surface area contributed by atoms with Gasteiger partial charge in [0.05, 0.1) is 29.8 Å². The Hall–Kier alpha value is -2.92. The molecule has 264 valence electrons. The molecule has 2 aromatic carbocycles. The maximum atomic E-state index is 14.4. The second-order valence-corrected chi connectivity index (χ2v) is 18.0. The Balaban J connectivity index is 1.28. The fourth-order valence-electron chi connectivity index (χ4n) is 8.80. The number of allylic oxidation sites excluding steroid dienone is 1. The van der Waals surface area contributed by atoms with Gasteiger partial charge in [-0.15, -0.1) is 4.36 Å². The first-order chi connectivity index (χ1) is 23.4. The summed E-state index contributed by atoms with van der Waals surface area (Å²) >= 11 is 6.44. The first-order valence-electron chi connectivity index (χ1n) is 17.7. The average molecular weight is 710 g/mol. The molecular weight excluding hydrogens is 662 g/mol. The largest absolute Gasteiger partial charge is 0.490 e. The van der Waals surface area contributed by atoms with E-state index in [0.29, 0.717) is 36.2 Å². The van der Waals surface area contributed by atoms with Crippen molar-refractivity contribution >= 4 is 39.0 Å². The van der Waals surface area contributed by atoms with Gasteiger partial charge in [-0.2, -0.15) is 0 Å². The quantitative estimate of drug-likeness (QED) is 0.362. The van der Waals surface area contributed by atoms with Crippen molar-refractivity contribution in [3.05, 3.63) is 70.3 Å². The number of nitrogens with one attached hydrogen (secondary N) is 1. The van der Waals surface area contributed by atoms with Crippen molar-refractivity contribution in [2.45, 2.75) is 82.3 Å². The zero-order valence-electron chi connectivity index (χ0n) is 28.7. The number of rotatable bonds is 3. The molecule has 2 fully saturated rings. The fraction of sp³-hybridized carbons (Fsp3) is 0.579. The number of ether oxygens (including phenoxy) is 2. The number of aliphatic hydroxyl groups is 1. The van der Waals surface area contributed by atoms with Crippen LogP contribution in [0.15, 0.2) is 52.9 Å². The highest BCUT2D eigenvalue weighted by Crippen LogP contribution is 2.47. The first-order valence-corrected chi connectivity index (χ1v) is 19.8. The van der Waals surface area contributed by atoms with Crippen molar-refractivity contribution in [3.8, 4) is 5.75 Å². The standard InChI is InChI=1S/C38H48ClN3O6S/c1-24-6-4-8-33(47-3)30-12-9-27(30)20-42-22-38(15-5-7-25-16-29(39)11-13-31(25)38)23-48-34-14-10-26(17-32(34)42)35(43)40-49(46,21-24)41-36(44)28-18-37(2,45)19-28/h4,8,10-11,13-14,16-17,24,27-28,30,33,45H,5-7,9,12,15,18-23H2,1-3H3,(H,40,41,43,44,46)/b8-4+/t24-,27-,28?,30+,33-,37?,38-,49?/m0/s1. The van der Waals surface area contributed by atoms with Gasteiger partial charge in [0.15, 0.2) is 0 Å². The molecule has 9 nitrogen and oxygen atoms in total. The molecule has 2 bridgehead atoms. The molecular formula is C38H48ClN3O6S. The fourth-order valence-corrected chi connectivity index (χ4v) is 11.0. The lowest BCUT2D eigenvalue weighted by atomic mass is 9.68. The Morgan fingerprint density at radius 3 is 2.76 bits per heavy atom. The summed E-state index contributed by atoms with van der Waals surface area (Å²) in [4.78, 5) is 29.5. The molecule has 5 aliphatic rings. The minimum Gasteiger partial charge on any atom is -0.490 e. The third kappa shape index (κ3) is 7.03. The Bertz CT molecular complexity index is 1780. The molecule has 2 aliphatic heterocycles. The third-order valence-electron chi connectivity index (χ3n) is 11.5. The smallest absolute Gasteiger partial charge is 0.286 e. The van der Waals surface area contributed by atoms with Crippen molar-refractivity contribution in [3.63, 3.8) is 0 Å². The zero-order valence-corrected chi connectivity index (χ0v) is 30.2. The number of methoxy groups -OCH3 is 1. The van der Waals surface area contributed by atoms with Crippen LogP contribution < -0.4 is 14.4 Å². The van der Waals surface area contributed by atoms with Gasteiger partial charge in [-0.1, -0.05) is 36.7 Å². The lowest BCUT2D eigenvalue weighted by Crippen LogP contribution is -2.50. The van der Waals surface area contributed by atoms with Crippen LogP contribution in [0.3, 0.4) is 0 Å². The summed E-state index contributed by atoms with van der Waals surface area (Å²) in [7, 11) is -1.72. The summed E-state index contributed by atoms with van der Waals surface area (Å²) in [5, 5.41) is 10.9. The molecule has 6 atom stereocenters. The third-order valence-corrected chi connectivity index (χ3v) is 13.8. The minimum atomic E-state index is -3.48. The number of aryl methyl sites for hydroxylation is 1. The van der Waals surface area contributed by atoms with E-state index in [4.69, 9.17) is 21.1 Å². The van der Waals surface area contributed by atoms with Gasteiger partial charge in [0.2, 0.25) is 5.91 Å². The highest BCUT2D eigenvalue weighted by molar-refractivity contribution is 7.92. The van der Waals surface area contributed by atoms with Crippen LogP contribution in [-0.2, 0) is 31.3 Å². The zero-order chi connectivity index (χ0) is 34.6. The molecule has 1 unspecified atom stereocenters. The number of carbonyl (C=O) groups excluding carboxylic acids is 2. The van der Waals surface area contributed by atoms with Crippen molar-refractivity contribution < 1.29 is 28.4 Å². The molecule has 1 spiro atoms. The minimum absolute atomic E-state index is 0.0216. The Kier molecular flexibility index (Phi) is 9.39. The van der Waals surface area contributed by atoms with E-state index >= 15 is 0 Å². The van der Waals surface area contributed by atoms with Gasteiger partial charge in [0, 0.05) is 42.1 Å². The number of benzene rings is 2. The molecule has 49 heavy (non-hydrogen) atoms. The van der Waals surface area contributed by atoms with E-state index in [0.717, 1.165) is 55.9 Å². The van der Waals surface area contributed by atoms with Gasteiger partial charge < -0.3 is 19.5 Å². The molecule has 0 radical (unpaired) electrons. The predicted molar refractivity (Wildman–Crippen MR) is 191 cm³/mol. The van der Waals surface area contributed by atoms with E-state index in [1.54, 1.807) is 20.1 Å². The molecule has 2 heterocycles. The van der Waals surface area contributed by atoms with Crippen molar-refractivity contribution in [1.29, 1.82) is 0 Å². The van der Waals surface area contributed by atoms with Crippen molar-refractivity contribution in [2.75, 3.05) is 37.5 Å². The normalized spacial score (nSPS) is 36.5. The maximum absolute atomic E-state index is 14.4. The lowest BCUT2D eigenvalue weighted by Gasteiger charge is -2.46. The van der Waals surface area contributed by atoms with Gasteiger partial charge in [0.1, 0.15) is 15.7 Å². The van der Waals surface area contributed by atoms with Crippen LogP contribution in [-0.4, -0.2) is 65.4 Å². The van der Waals surface area contributed by atoms with Gasteiger partial charge in [0.25, 0.3) is 5.91 Å². The monoisotopic (exact) mass is 709 g/mol. The van der Waals surface area contributed by atoms with Crippen molar-refractivity contribution in [1.82, 2.24) is 4.72 Å². The number of hydrogen-bond donors (Lipinski definition) is 2. The van der Waals surface area contributed by atoms with E-state index in [9.17, 15) is 18.9 Å². The summed E-state index contributed by atoms with van der Waals surface area (Å²) in [6.45, 7) is 5.64. The van der Waals surface area contributed by atoms with Gasteiger partial charge in [-0.25, -0.2) is 4.21 Å². The number of halogens is 1. The van der Waals surface area contributed by atoms with E-state index in [2.05, 4.69) is 38.3 Å². The summed E-state index contributed by atoms with van der Waals surface area (Å²) in [6, 6.07) is 11.6. The van der Waals surface area contributed by atoms with Crippen LogP contribution in [0.5, 0.6) is 5.75 Å². The molecule has 0 saturated heterocycles. The maximum Gasteiger partial charge on any atom is 0.286 e. The lowest BCUT2D eigenvalue weighted by molar-refractivity contribution is -0.137. The van der Waals surface area contributed by atoms with Crippen LogP contribution in [0.1, 0.15) is 80.3 Å². The summed E-state index contributed by atoms with van der Waals surface area (Å²) in [6.07, 6.45) is 10.4. The Labute approximate surface area is 295 Å². The van der Waals surface area contributed by atoms with Crippen LogP contribution in [0.4, 0.5) is 5.69 Å². The van der Waals surface area contributed by atoms with E-state index in [1.807, 2.05) is 25.1 Å². The number of amides is 2. The molecule has 7 rings (SSSR count). The van der Waals surface area contributed by atoms with Crippen LogP contribution in [0, 0.1) is 23.7 Å². The highest BCUT2D eigenvalue weighted by atomic mass is 35.5. The molecule has 3 aliphatic carbocycles.